The lowest BCUT2D eigenvalue weighted by molar-refractivity contribution is -0.143. The molecule has 0 radical (unpaired) electrons. The topological polar surface area (TPSA) is 146 Å². The molecule has 1 amide bonds. The Morgan fingerprint density at radius 1 is 1.02 bits per heavy atom. The normalized spacial score (nSPS) is 18.6. The van der Waals surface area contributed by atoms with Gasteiger partial charge in [0, 0.05) is 80.1 Å². The van der Waals surface area contributed by atoms with Crippen molar-refractivity contribution in [2.75, 3.05) is 45.6 Å². The molecule has 1 fully saturated rings. The second-order valence-corrected chi connectivity index (χ2v) is 14.4. The average Bonchev–Trinajstić information content (AvgIpc) is 3.41. The average molecular weight is 682 g/mol. The van der Waals surface area contributed by atoms with Crippen LogP contribution >= 0.6 is 11.6 Å². The molecule has 0 bridgehead atoms. The summed E-state index contributed by atoms with van der Waals surface area (Å²) in [6.45, 7) is 5.56. The van der Waals surface area contributed by atoms with Crippen molar-refractivity contribution in [2.45, 2.75) is 44.9 Å². The molecule has 1 atom stereocenters. The minimum atomic E-state index is -3.40. The van der Waals surface area contributed by atoms with Gasteiger partial charge in [0.2, 0.25) is 10.0 Å². The van der Waals surface area contributed by atoms with Gasteiger partial charge in [-0.3, -0.25) is 14.5 Å². The summed E-state index contributed by atoms with van der Waals surface area (Å²) in [6.07, 6.45) is 1.50. The van der Waals surface area contributed by atoms with Gasteiger partial charge in [0.1, 0.15) is 6.04 Å². The first-order valence-corrected chi connectivity index (χ1v) is 17.7. The third kappa shape index (κ3) is 7.32. The number of fused-ring (bicyclic) bond motifs is 2. The van der Waals surface area contributed by atoms with E-state index in [4.69, 9.17) is 21.4 Å². The number of morpholine rings is 1. The number of nitrogens with zero attached hydrogens (tertiary/aromatic N) is 5. The molecule has 4 heterocycles. The highest BCUT2D eigenvalue weighted by Gasteiger charge is 2.35. The minimum Gasteiger partial charge on any atom is -0.480 e. The number of carboxylic acid groups (broad SMARTS) is 2. The van der Waals surface area contributed by atoms with Gasteiger partial charge in [-0.05, 0) is 41.8 Å². The molecule has 2 aromatic carbocycles. The monoisotopic (exact) mass is 681 g/mol. The predicted molar refractivity (Wildman–Crippen MR) is 175 cm³/mol. The van der Waals surface area contributed by atoms with Crippen molar-refractivity contribution < 1.29 is 33.0 Å². The van der Waals surface area contributed by atoms with E-state index in [1.807, 2.05) is 16.8 Å². The second-order valence-electron chi connectivity index (χ2n) is 12.0. The number of carbonyl (C=O) groups is 2. The molecule has 3 aromatic rings. The molecule has 1 saturated heterocycles. The van der Waals surface area contributed by atoms with Gasteiger partial charge in [-0.25, -0.2) is 18.0 Å². The maximum atomic E-state index is 12.5. The smallest absolute Gasteiger partial charge is 0.408 e. The van der Waals surface area contributed by atoms with Crippen LogP contribution in [0.15, 0.2) is 36.4 Å². The summed E-state index contributed by atoms with van der Waals surface area (Å²) in [5, 5.41) is 24.5. The number of aryl methyl sites for hydroxylation is 1. The first-order valence-electron chi connectivity index (χ1n) is 15.5. The van der Waals surface area contributed by atoms with Crippen LogP contribution in [0.5, 0.6) is 0 Å². The maximum Gasteiger partial charge on any atom is 0.408 e. The molecule has 2 N–H and O–H groups in total. The number of sulfonamides is 1. The van der Waals surface area contributed by atoms with Crippen LogP contribution in [0.4, 0.5) is 4.79 Å². The molecule has 0 spiro atoms. The number of ether oxygens (including phenoxy) is 1. The standard InChI is InChI=1S/C33H36ClN5O7S/c1-47(44,45)37-12-9-29-27(21-37)31(35-39(29)11-2-10-36-13-15-46-16-14-36)25-7-8-28(34)24(18-25)6-4-22-3-5-23-19-30(32(40)41)38(33(42)43)20-26(23)17-22/h3,5,7-8,17-18,30H,2,9-16,19-21H2,1H3,(H,40,41)(H,42,43)/t30-/m1/s1. The molecule has 1 aromatic heterocycles. The Kier molecular flexibility index (Phi) is 9.59. The van der Waals surface area contributed by atoms with Crippen LogP contribution in [0.2, 0.25) is 5.02 Å². The molecule has 47 heavy (non-hydrogen) atoms. The van der Waals surface area contributed by atoms with Gasteiger partial charge < -0.3 is 14.9 Å². The van der Waals surface area contributed by atoms with Crippen molar-refractivity contribution in [3.05, 3.63) is 74.9 Å². The zero-order valence-corrected chi connectivity index (χ0v) is 27.6. The summed E-state index contributed by atoms with van der Waals surface area (Å²) >= 11 is 6.58. The van der Waals surface area contributed by atoms with Crippen LogP contribution in [0.25, 0.3) is 11.3 Å². The number of amides is 1. The van der Waals surface area contributed by atoms with Crippen LogP contribution in [-0.4, -0.2) is 106 Å². The summed E-state index contributed by atoms with van der Waals surface area (Å²) in [7, 11) is -3.40. The molecule has 0 unspecified atom stereocenters. The van der Waals surface area contributed by atoms with E-state index in [0.29, 0.717) is 46.9 Å². The fraction of sp³-hybridized carbons (Fsp3) is 0.424. The van der Waals surface area contributed by atoms with Crippen LogP contribution in [-0.2, 0) is 52.0 Å². The van der Waals surface area contributed by atoms with Gasteiger partial charge in [0.05, 0.1) is 36.7 Å². The number of aliphatic carboxylic acids is 1. The van der Waals surface area contributed by atoms with Crippen LogP contribution in [0, 0.1) is 11.8 Å². The SMILES string of the molecule is CS(=O)(=O)N1CCc2c(c(-c3ccc(Cl)c(C#Cc4ccc5c(c4)CN(C(=O)O)[C@@H](C(=O)O)C5)c3)nn2CCCN2CCOCC2)C1. The van der Waals surface area contributed by atoms with Gasteiger partial charge >= 0.3 is 12.1 Å². The van der Waals surface area contributed by atoms with Crippen molar-refractivity contribution in [3.8, 4) is 23.1 Å². The van der Waals surface area contributed by atoms with E-state index < -0.39 is 28.1 Å². The third-order valence-corrected chi connectivity index (χ3v) is 10.5. The number of aromatic nitrogens is 2. The summed E-state index contributed by atoms with van der Waals surface area (Å²) in [5.41, 5.74) is 6.08. The summed E-state index contributed by atoms with van der Waals surface area (Å²) in [6, 6.07) is 9.70. The Balaban J connectivity index is 1.28. The highest BCUT2D eigenvalue weighted by Crippen LogP contribution is 2.33. The summed E-state index contributed by atoms with van der Waals surface area (Å²) in [4.78, 5) is 26.7. The molecular weight excluding hydrogens is 646 g/mol. The highest BCUT2D eigenvalue weighted by molar-refractivity contribution is 7.88. The molecular formula is C33H36ClN5O7S. The van der Waals surface area contributed by atoms with Crippen molar-refractivity contribution >= 4 is 33.7 Å². The first kappa shape index (κ1) is 33.0. The Hall–Kier alpha value is -3.93. The van der Waals surface area contributed by atoms with E-state index in [-0.39, 0.29) is 19.5 Å². The van der Waals surface area contributed by atoms with Crippen molar-refractivity contribution in [1.29, 1.82) is 0 Å². The zero-order chi connectivity index (χ0) is 33.3. The fourth-order valence-corrected chi connectivity index (χ4v) is 7.38. The lowest BCUT2D eigenvalue weighted by Gasteiger charge is -2.32. The molecule has 3 aliphatic rings. The van der Waals surface area contributed by atoms with Crippen LogP contribution < -0.4 is 0 Å². The van der Waals surface area contributed by atoms with E-state index in [1.54, 1.807) is 24.3 Å². The molecule has 248 valence electrons. The number of halogens is 1. The highest BCUT2D eigenvalue weighted by atomic mass is 35.5. The van der Waals surface area contributed by atoms with E-state index in [9.17, 15) is 28.2 Å². The van der Waals surface area contributed by atoms with E-state index >= 15 is 0 Å². The predicted octanol–water partition coefficient (Wildman–Crippen LogP) is 3.13. The summed E-state index contributed by atoms with van der Waals surface area (Å²) < 4.78 is 34.0. The van der Waals surface area contributed by atoms with Gasteiger partial charge in [0.25, 0.3) is 0 Å². The Morgan fingerprint density at radius 2 is 1.81 bits per heavy atom. The van der Waals surface area contributed by atoms with Crippen molar-refractivity contribution in [1.82, 2.24) is 23.9 Å². The Labute approximate surface area is 278 Å². The lowest BCUT2D eigenvalue weighted by Crippen LogP contribution is -2.48. The van der Waals surface area contributed by atoms with Gasteiger partial charge in [-0.1, -0.05) is 35.6 Å². The second kappa shape index (κ2) is 13.7. The minimum absolute atomic E-state index is 0.0435. The number of rotatable bonds is 7. The molecule has 3 aliphatic heterocycles. The van der Waals surface area contributed by atoms with E-state index in [0.717, 1.165) is 66.6 Å². The number of hydrogen-bond acceptors (Lipinski definition) is 7. The summed E-state index contributed by atoms with van der Waals surface area (Å²) in [5.74, 6) is 5.07. The van der Waals surface area contributed by atoms with Crippen LogP contribution in [0.1, 0.15) is 39.9 Å². The van der Waals surface area contributed by atoms with Crippen molar-refractivity contribution in [3.63, 3.8) is 0 Å². The van der Waals surface area contributed by atoms with Crippen molar-refractivity contribution in [2.24, 2.45) is 0 Å². The zero-order valence-electron chi connectivity index (χ0n) is 26.0. The number of carboxylic acids is 1. The molecule has 12 nitrogen and oxygen atoms in total. The number of hydrogen-bond donors (Lipinski definition) is 2. The van der Waals surface area contributed by atoms with Gasteiger partial charge in [-0.15, -0.1) is 0 Å². The lowest BCUT2D eigenvalue weighted by atomic mass is 9.92. The van der Waals surface area contributed by atoms with Gasteiger partial charge in [0.15, 0.2) is 0 Å². The third-order valence-electron chi connectivity index (χ3n) is 8.96. The quantitative estimate of drug-likeness (QED) is 0.359. The molecule has 6 rings (SSSR count). The van der Waals surface area contributed by atoms with Gasteiger partial charge in [-0.2, -0.15) is 9.40 Å². The Bertz CT molecular complexity index is 1880. The molecule has 0 aliphatic carbocycles. The van der Waals surface area contributed by atoms with E-state index in [2.05, 4.69) is 16.7 Å². The van der Waals surface area contributed by atoms with E-state index in [1.165, 1.54) is 10.6 Å². The number of benzene rings is 2. The largest absolute Gasteiger partial charge is 0.480 e. The Morgan fingerprint density at radius 3 is 2.53 bits per heavy atom. The molecule has 0 saturated carbocycles. The van der Waals surface area contributed by atoms with Crippen LogP contribution in [0.3, 0.4) is 0 Å². The maximum absolute atomic E-state index is 12.5. The fourth-order valence-electron chi connectivity index (χ4n) is 6.43. The first-order chi connectivity index (χ1) is 22.5. The molecule has 14 heteroatoms.